The molecule has 0 aliphatic carbocycles. The molecule has 0 aromatic heterocycles. The Bertz CT molecular complexity index is 724. The van der Waals surface area contributed by atoms with Crippen LogP contribution in [-0.2, 0) is 4.84 Å². The molecule has 1 atom stereocenters. The molecule has 0 fully saturated rings. The van der Waals surface area contributed by atoms with E-state index in [0.717, 1.165) is 22.4 Å². The van der Waals surface area contributed by atoms with Crippen molar-refractivity contribution < 1.29 is 14.4 Å². The highest BCUT2D eigenvalue weighted by Crippen LogP contribution is 2.26. The van der Waals surface area contributed by atoms with E-state index in [-0.39, 0.29) is 11.9 Å². The molecule has 0 bridgehead atoms. The Labute approximate surface area is 142 Å². The van der Waals surface area contributed by atoms with Gasteiger partial charge in [-0.2, -0.15) is 0 Å². The highest BCUT2D eigenvalue weighted by molar-refractivity contribution is 5.95. The third kappa shape index (κ3) is 4.35. The Hall–Kier alpha value is -2.82. The zero-order chi connectivity index (χ0) is 17.5. The maximum Gasteiger partial charge on any atom is 0.251 e. The SMILES string of the molecule is CO/N=C/c1ccc(C(=O)NC(C)c2cc(C)ccc2OC)cc1. The fourth-order valence-electron chi connectivity index (χ4n) is 2.38. The second-order valence-corrected chi connectivity index (χ2v) is 5.48. The lowest BCUT2D eigenvalue weighted by Gasteiger charge is -2.18. The van der Waals surface area contributed by atoms with Crippen molar-refractivity contribution in [3.8, 4) is 5.75 Å². The molecule has 126 valence electrons. The largest absolute Gasteiger partial charge is 0.496 e. The van der Waals surface area contributed by atoms with Crippen LogP contribution in [0.4, 0.5) is 0 Å². The molecule has 0 saturated heterocycles. The Morgan fingerprint density at radius 1 is 1.17 bits per heavy atom. The molecule has 1 amide bonds. The summed E-state index contributed by atoms with van der Waals surface area (Å²) in [6.45, 7) is 3.95. The number of hydrogen-bond donors (Lipinski definition) is 1. The van der Waals surface area contributed by atoms with E-state index in [1.807, 2.05) is 44.2 Å². The number of benzene rings is 2. The van der Waals surface area contributed by atoms with E-state index in [2.05, 4.69) is 15.3 Å². The van der Waals surface area contributed by atoms with Crippen LogP contribution in [0.2, 0.25) is 0 Å². The number of methoxy groups -OCH3 is 1. The van der Waals surface area contributed by atoms with Gasteiger partial charge in [-0.15, -0.1) is 0 Å². The molecule has 5 heteroatoms. The molecule has 0 saturated carbocycles. The molecule has 0 spiro atoms. The summed E-state index contributed by atoms with van der Waals surface area (Å²) in [5.41, 5.74) is 3.52. The van der Waals surface area contributed by atoms with Crippen LogP contribution in [0.1, 0.15) is 40.0 Å². The monoisotopic (exact) mass is 326 g/mol. The number of carbonyl (C=O) groups excluding carboxylic acids is 1. The van der Waals surface area contributed by atoms with Crippen LogP contribution in [0.25, 0.3) is 0 Å². The third-order valence-corrected chi connectivity index (χ3v) is 3.68. The van der Waals surface area contributed by atoms with Gasteiger partial charge in [-0.25, -0.2) is 0 Å². The number of ether oxygens (including phenoxy) is 1. The minimum atomic E-state index is -0.165. The first-order valence-corrected chi connectivity index (χ1v) is 7.67. The predicted molar refractivity (Wildman–Crippen MR) is 94.7 cm³/mol. The first kappa shape index (κ1) is 17.5. The average molecular weight is 326 g/mol. The minimum Gasteiger partial charge on any atom is -0.496 e. The lowest BCUT2D eigenvalue weighted by Crippen LogP contribution is -2.27. The van der Waals surface area contributed by atoms with Crippen molar-refractivity contribution in [2.75, 3.05) is 14.2 Å². The maximum atomic E-state index is 12.4. The van der Waals surface area contributed by atoms with Gasteiger partial charge < -0.3 is 14.9 Å². The Morgan fingerprint density at radius 3 is 2.50 bits per heavy atom. The molecule has 24 heavy (non-hydrogen) atoms. The topological polar surface area (TPSA) is 59.9 Å². The van der Waals surface area contributed by atoms with Gasteiger partial charge in [0.1, 0.15) is 12.9 Å². The van der Waals surface area contributed by atoms with E-state index < -0.39 is 0 Å². The highest BCUT2D eigenvalue weighted by Gasteiger charge is 2.15. The summed E-state index contributed by atoms with van der Waals surface area (Å²) in [5.74, 6) is 0.626. The molecule has 0 aliphatic heterocycles. The Balaban J connectivity index is 2.11. The number of carbonyl (C=O) groups is 1. The van der Waals surface area contributed by atoms with Gasteiger partial charge in [0.05, 0.1) is 19.4 Å². The van der Waals surface area contributed by atoms with E-state index in [1.54, 1.807) is 25.5 Å². The summed E-state index contributed by atoms with van der Waals surface area (Å²) in [6.07, 6.45) is 1.59. The van der Waals surface area contributed by atoms with Crippen molar-refractivity contribution in [3.63, 3.8) is 0 Å². The smallest absolute Gasteiger partial charge is 0.251 e. The Morgan fingerprint density at radius 2 is 1.88 bits per heavy atom. The van der Waals surface area contributed by atoms with Gasteiger partial charge in [0.25, 0.3) is 5.91 Å². The summed E-state index contributed by atoms with van der Waals surface area (Å²) in [7, 11) is 3.11. The van der Waals surface area contributed by atoms with Gasteiger partial charge in [-0.1, -0.05) is 35.0 Å². The maximum absolute atomic E-state index is 12.4. The molecule has 2 rings (SSSR count). The molecule has 0 heterocycles. The van der Waals surface area contributed by atoms with Crippen LogP contribution in [0, 0.1) is 6.92 Å². The highest BCUT2D eigenvalue weighted by atomic mass is 16.6. The summed E-state index contributed by atoms with van der Waals surface area (Å²) in [6, 6.07) is 12.9. The predicted octanol–water partition coefficient (Wildman–Crippen LogP) is 3.47. The lowest BCUT2D eigenvalue weighted by molar-refractivity contribution is 0.0939. The van der Waals surface area contributed by atoms with Crippen LogP contribution < -0.4 is 10.1 Å². The second kappa shape index (κ2) is 8.15. The number of rotatable bonds is 6. The number of amides is 1. The van der Waals surface area contributed by atoms with Crippen molar-refractivity contribution in [1.29, 1.82) is 0 Å². The number of oxime groups is 1. The van der Waals surface area contributed by atoms with Gasteiger partial charge in [0.2, 0.25) is 0 Å². The van der Waals surface area contributed by atoms with E-state index in [4.69, 9.17) is 4.74 Å². The normalized spacial score (nSPS) is 12.0. The van der Waals surface area contributed by atoms with E-state index in [0.29, 0.717) is 5.56 Å². The van der Waals surface area contributed by atoms with Gasteiger partial charge in [0, 0.05) is 11.1 Å². The van der Waals surface area contributed by atoms with E-state index >= 15 is 0 Å². The molecular formula is C19H22N2O3. The van der Waals surface area contributed by atoms with Crippen molar-refractivity contribution in [3.05, 3.63) is 64.7 Å². The van der Waals surface area contributed by atoms with Crippen molar-refractivity contribution in [2.24, 2.45) is 5.16 Å². The molecule has 1 unspecified atom stereocenters. The molecular weight excluding hydrogens is 304 g/mol. The van der Waals surface area contributed by atoms with Crippen molar-refractivity contribution >= 4 is 12.1 Å². The van der Waals surface area contributed by atoms with Gasteiger partial charge in [-0.3, -0.25) is 4.79 Å². The van der Waals surface area contributed by atoms with Crippen LogP contribution in [0.15, 0.2) is 47.6 Å². The summed E-state index contributed by atoms with van der Waals surface area (Å²) in [5, 5.41) is 6.69. The fraction of sp³-hybridized carbons (Fsp3) is 0.263. The first-order chi connectivity index (χ1) is 11.5. The quantitative estimate of drug-likeness (QED) is 0.653. The number of hydrogen-bond acceptors (Lipinski definition) is 4. The van der Waals surface area contributed by atoms with Crippen molar-refractivity contribution in [2.45, 2.75) is 19.9 Å². The summed E-state index contributed by atoms with van der Waals surface area (Å²) < 4.78 is 5.38. The average Bonchev–Trinajstić information content (AvgIpc) is 2.60. The fourth-order valence-corrected chi connectivity index (χ4v) is 2.38. The number of nitrogens with one attached hydrogen (secondary N) is 1. The molecule has 5 nitrogen and oxygen atoms in total. The zero-order valence-electron chi connectivity index (χ0n) is 14.4. The lowest BCUT2D eigenvalue weighted by atomic mass is 10.0. The molecule has 2 aromatic rings. The van der Waals surface area contributed by atoms with Gasteiger partial charge in [-0.05, 0) is 37.6 Å². The standard InChI is InChI=1S/C19H22N2O3/c1-13-5-10-18(23-3)17(11-13)14(2)21-19(22)16-8-6-15(7-9-16)12-20-24-4/h5-12,14H,1-4H3,(H,21,22)/b20-12+. The van der Waals surface area contributed by atoms with Gasteiger partial charge >= 0.3 is 0 Å². The first-order valence-electron chi connectivity index (χ1n) is 7.67. The zero-order valence-corrected chi connectivity index (χ0v) is 14.4. The van der Waals surface area contributed by atoms with Crippen molar-refractivity contribution in [1.82, 2.24) is 5.32 Å². The van der Waals surface area contributed by atoms with Crippen LogP contribution in [0.3, 0.4) is 0 Å². The number of nitrogens with zero attached hydrogens (tertiary/aromatic N) is 1. The van der Waals surface area contributed by atoms with Crippen LogP contribution in [0.5, 0.6) is 5.75 Å². The molecule has 2 aromatic carbocycles. The van der Waals surface area contributed by atoms with Crippen LogP contribution >= 0.6 is 0 Å². The summed E-state index contributed by atoms with van der Waals surface area (Å²) in [4.78, 5) is 17.1. The van der Waals surface area contributed by atoms with E-state index in [9.17, 15) is 4.79 Å². The second-order valence-electron chi connectivity index (χ2n) is 5.48. The van der Waals surface area contributed by atoms with Crippen LogP contribution in [-0.4, -0.2) is 26.3 Å². The third-order valence-electron chi connectivity index (χ3n) is 3.68. The molecule has 0 aliphatic rings. The minimum absolute atomic E-state index is 0.138. The summed E-state index contributed by atoms with van der Waals surface area (Å²) >= 11 is 0. The molecule has 0 radical (unpaired) electrons. The number of aryl methyl sites for hydroxylation is 1. The Kier molecular flexibility index (Phi) is 5.95. The van der Waals surface area contributed by atoms with E-state index in [1.165, 1.54) is 7.11 Å². The molecule has 1 N–H and O–H groups in total. The van der Waals surface area contributed by atoms with Gasteiger partial charge in [0.15, 0.2) is 0 Å².